The number of carbonyl (C=O) groups excluding carboxylic acids is 3. The molecule has 2 aliphatic heterocycles. The van der Waals surface area contributed by atoms with E-state index in [1.807, 2.05) is 60.7 Å². The van der Waals surface area contributed by atoms with Crippen molar-refractivity contribution in [2.24, 2.45) is 0 Å². The van der Waals surface area contributed by atoms with Crippen molar-refractivity contribution in [1.29, 1.82) is 0 Å². The Kier molecular flexibility index (Phi) is 8.75. The minimum Gasteiger partial charge on any atom is -0.481 e. The lowest BCUT2D eigenvalue weighted by Gasteiger charge is -2.49. The fraction of sp³-hybridized carbons (Fsp3) is 0.250. The normalized spacial score (nSPS) is 17.9. The van der Waals surface area contributed by atoms with Crippen LogP contribution >= 0.6 is 11.8 Å². The van der Waals surface area contributed by atoms with E-state index in [-0.39, 0.29) is 12.1 Å². The van der Waals surface area contributed by atoms with Gasteiger partial charge in [0.05, 0.1) is 6.61 Å². The highest BCUT2D eigenvalue weighted by Gasteiger charge is 2.54. The summed E-state index contributed by atoms with van der Waals surface area (Å²) in [4.78, 5) is 52.4. The maximum absolute atomic E-state index is 13.7. The fourth-order valence-electron chi connectivity index (χ4n) is 5.15. The van der Waals surface area contributed by atoms with Gasteiger partial charge in [-0.1, -0.05) is 72.8 Å². The number of β-lactam (4-membered cyclic amide) rings is 1. The molecule has 2 atom stereocenters. The molecule has 10 heteroatoms. The number of carbonyl (C=O) groups is 4. The van der Waals surface area contributed by atoms with Gasteiger partial charge in [-0.25, -0.2) is 4.79 Å². The number of nitrogens with one attached hydrogen (secondary N) is 1. The molecule has 2 amide bonds. The molecular formula is C32H30N2O7S. The average Bonchev–Trinajstić information content (AvgIpc) is 3.01. The molecule has 0 unspecified atom stereocenters. The Morgan fingerprint density at radius 1 is 1.02 bits per heavy atom. The molecule has 5 rings (SSSR count). The quantitative estimate of drug-likeness (QED) is 0.243. The zero-order valence-corrected chi connectivity index (χ0v) is 23.7. The molecule has 0 spiro atoms. The Bertz CT molecular complexity index is 1500. The highest BCUT2D eigenvalue weighted by molar-refractivity contribution is 8.00. The Morgan fingerprint density at radius 3 is 2.24 bits per heavy atom. The number of nitrogens with zero attached hydrogens (tertiary/aromatic N) is 1. The fourth-order valence-corrected chi connectivity index (χ4v) is 6.48. The van der Waals surface area contributed by atoms with Crippen molar-refractivity contribution in [2.75, 3.05) is 12.4 Å². The van der Waals surface area contributed by atoms with Crippen molar-refractivity contribution >= 4 is 35.5 Å². The van der Waals surface area contributed by atoms with Crippen LogP contribution in [0.2, 0.25) is 0 Å². The first-order chi connectivity index (χ1) is 20.3. The van der Waals surface area contributed by atoms with Crippen LogP contribution in [0.25, 0.3) is 0 Å². The van der Waals surface area contributed by atoms with Crippen LogP contribution in [0.15, 0.2) is 90.1 Å². The smallest absolute Gasteiger partial charge is 0.356 e. The number of fused-ring (bicyclic) bond motifs is 1. The van der Waals surface area contributed by atoms with Crippen molar-refractivity contribution in [3.8, 4) is 0 Å². The molecule has 216 valence electrons. The second-order valence-corrected chi connectivity index (χ2v) is 11.2. The van der Waals surface area contributed by atoms with Gasteiger partial charge in [0.1, 0.15) is 17.1 Å². The third kappa shape index (κ3) is 5.95. The Morgan fingerprint density at radius 2 is 1.67 bits per heavy atom. The number of aryl methyl sites for hydroxylation is 2. The van der Waals surface area contributed by atoms with Crippen molar-refractivity contribution in [3.05, 3.63) is 118 Å². The van der Waals surface area contributed by atoms with Crippen LogP contribution in [-0.4, -0.2) is 62.6 Å². The third-order valence-electron chi connectivity index (χ3n) is 7.31. The second kappa shape index (κ2) is 12.6. The topological polar surface area (TPSA) is 133 Å². The van der Waals surface area contributed by atoms with Gasteiger partial charge in [-0.05, 0) is 47.2 Å². The van der Waals surface area contributed by atoms with E-state index >= 15 is 0 Å². The number of thioether (sulfide) groups is 1. The number of aliphatic hydroxyl groups is 1. The van der Waals surface area contributed by atoms with E-state index in [9.17, 15) is 24.3 Å². The van der Waals surface area contributed by atoms with Gasteiger partial charge in [-0.3, -0.25) is 19.3 Å². The van der Waals surface area contributed by atoms with E-state index in [0.29, 0.717) is 28.9 Å². The van der Waals surface area contributed by atoms with E-state index in [0.717, 1.165) is 16.7 Å². The maximum Gasteiger partial charge on any atom is 0.356 e. The van der Waals surface area contributed by atoms with Gasteiger partial charge in [0, 0.05) is 17.7 Å². The van der Waals surface area contributed by atoms with Crippen molar-refractivity contribution in [2.45, 2.75) is 37.3 Å². The molecule has 0 aliphatic carbocycles. The summed E-state index contributed by atoms with van der Waals surface area (Å²) < 4.78 is 6.01. The number of aliphatic hydroxyl groups excluding tert-OH is 1. The molecule has 0 aromatic heterocycles. The summed E-state index contributed by atoms with van der Waals surface area (Å²) in [5.41, 5.74) is 3.74. The number of hydrogen-bond donors (Lipinski definition) is 3. The van der Waals surface area contributed by atoms with Crippen LogP contribution < -0.4 is 5.32 Å². The monoisotopic (exact) mass is 586 g/mol. The average molecular weight is 587 g/mol. The van der Waals surface area contributed by atoms with Crippen LogP contribution in [0.4, 0.5) is 0 Å². The molecule has 0 saturated carbocycles. The molecular weight excluding hydrogens is 556 g/mol. The number of benzene rings is 3. The summed E-state index contributed by atoms with van der Waals surface area (Å²) in [6.45, 7) is 1.34. The number of hydrogen-bond acceptors (Lipinski definition) is 7. The lowest BCUT2D eigenvalue weighted by atomic mass is 9.99. The molecule has 3 aromatic rings. The Hall–Kier alpha value is -4.41. The Balaban J connectivity index is 1.33. The zero-order chi connectivity index (χ0) is 29.8. The lowest BCUT2D eigenvalue weighted by molar-refractivity contribution is -0.153. The van der Waals surface area contributed by atoms with Crippen molar-refractivity contribution < 1.29 is 34.1 Å². The third-order valence-corrected chi connectivity index (χ3v) is 8.65. The summed E-state index contributed by atoms with van der Waals surface area (Å²) >= 11 is 1.35. The maximum atomic E-state index is 13.7. The molecule has 3 aromatic carbocycles. The van der Waals surface area contributed by atoms with E-state index < -0.39 is 47.9 Å². The number of amides is 2. The second-order valence-electron chi connectivity index (χ2n) is 10.1. The summed E-state index contributed by atoms with van der Waals surface area (Å²) in [5.74, 6) is -2.24. The molecule has 1 saturated heterocycles. The zero-order valence-electron chi connectivity index (χ0n) is 22.9. The molecule has 9 nitrogen and oxygen atoms in total. The van der Waals surface area contributed by atoms with Crippen LogP contribution in [0, 0.1) is 6.92 Å². The van der Waals surface area contributed by atoms with E-state index in [2.05, 4.69) is 5.32 Å². The van der Waals surface area contributed by atoms with Gasteiger partial charge in [0.15, 0.2) is 6.10 Å². The molecule has 0 radical (unpaired) electrons. The van der Waals surface area contributed by atoms with E-state index in [1.54, 1.807) is 25.1 Å². The SMILES string of the molecule is Cc1cc(CCC(=O)O)ccc1C(=O)N[C@H]1C(=O)N2C(C(=O)OC(c3ccccc3)c3ccccc3)=C(CO)CS[C@@H]12. The Labute approximate surface area is 247 Å². The summed E-state index contributed by atoms with van der Waals surface area (Å²) in [7, 11) is 0. The van der Waals surface area contributed by atoms with Crippen LogP contribution in [0.3, 0.4) is 0 Å². The van der Waals surface area contributed by atoms with Gasteiger partial charge in [-0.15, -0.1) is 11.8 Å². The molecule has 42 heavy (non-hydrogen) atoms. The first-order valence-corrected chi connectivity index (χ1v) is 14.5. The van der Waals surface area contributed by atoms with Gasteiger partial charge in [0.2, 0.25) is 0 Å². The minimum absolute atomic E-state index is 0.00701. The number of rotatable bonds is 10. The van der Waals surface area contributed by atoms with E-state index in [4.69, 9.17) is 9.84 Å². The summed E-state index contributed by atoms with van der Waals surface area (Å²) in [6.07, 6.45) is -0.392. The van der Waals surface area contributed by atoms with Gasteiger partial charge < -0.3 is 20.3 Å². The number of ether oxygens (including phenoxy) is 1. The predicted molar refractivity (Wildman–Crippen MR) is 156 cm³/mol. The van der Waals surface area contributed by atoms with Crippen molar-refractivity contribution in [3.63, 3.8) is 0 Å². The lowest BCUT2D eigenvalue weighted by Crippen LogP contribution is -2.70. The van der Waals surface area contributed by atoms with Crippen molar-refractivity contribution in [1.82, 2.24) is 10.2 Å². The van der Waals surface area contributed by atoms with Gasteiger partial charge in [-0.2, -0.15) is 0 Å². The van der Waals surface area contributed by atoms with E-state index in [1.165, 1.54) is 16.7 Å². The van der Waals surface area contributed by atoms with Gasteiger partial charge in [0.25, 0.3) is 11.8 Å². The molecule has 1 fully saturated rings. The highest BCUT2D eigenvalue weighted by Crippen LogP contribution is 2.41. The molecule has 3 N–H and O–H groups in total. The number of carboxylic acid groups (broad SMARTS) is 1. The largest absolute Gasteiger partial charge is 0.481 e. The molecule has 2 heterocycles. The van der Waals surface area contributed by atoms with Crippen LogP contribution in [0.1, 0.15) is 45.1 Å². The van der Waals surface area contributed by atoms with Crippen LogP contribution in [0.5, 0.6) is 0 Å². The minimum atomic E-state index is -0.898. The standard InChI is InChI=1S/C32H30N2O7S/c1-19-16-20(13-15-25(36)37)12-14-24(19)29(38)33-26-30(39)34-27(23(17-35)18-42-31(26)34)32(40)41-28(21-8-4-2-5-9-21)22-10-6-3-7-11-22/h2-12,14,16,26,28,31,35H,13,15,17-18H2,1H3,(H,33,38)(H,36,37)/t26-,31-/m0/s1. The summed E-state index contributed by atoms with van der Waals surface area (Å²) in [5, 5.41) is 21.2. The predicted octanol–water partition coefficient (Wildman–Crippen LogP) is 3.60. The first kappa shape index (κ1) is 29.1. The van der Waals surface area contributed by atoms with Gasteiger partial charge >= 0.3 is 11.9 Å². The first-order valence-electron chi connectivity index (χ1n) is 13.5. The molecule has 0 bridgehead atoms. The van der Waals surface area contributed by atoms with Crippen LogP contribution in [-0.2, 0) is 25.5 Å². The number of esters is 1. The number of carboxylic acids is 1. The molecule has 2 aliphatic rings. The summed E-state index contributed by atoms with van der Waals surface area (Å²) in [6, 6.07) is 22.8. The highest BCUT2D eigenvalue weighted by atomic mass is 32.2. The number of aliphatic carboxylic acids is 1.